The third-order valence-corrected chi connectivity index (χ3v) is 4.74. The molecule has 3 heterocycles. The van der Waals surface area contributed by atoms with Crippen LogP contribution in [0, 0.1) is 11.8 Å². The van der Waals surface area contributed by atoms with Crippen molar-refractivity contribution >= 4 is 5.97 Å². The number of likely N-dealkylation sites (N-methyl/N-ethyl adjacent to an activating group) is 1. The molecule has 0 radical (unpaired) electrons. The molecule has 6 heteroatoms. The van der Waals surface area contributed by atoms with Crippen molar-refractivity contribution in [3.8, 4) is 0 Å². The first-order chi connectivity index (χ1) is 9.39. The summed E-state index contributed by atoms with van der Waals surface area (Å²) in [4.78, 5) is 13.7. The van der Waals surface area contributed by atoms with Crippen LogP contribution in [0.4, 0.5) is 0 Å². The Morgan fingerprint density at radius 1 is 1.35 bits per heavy atom. The Kier molecular flexibility index (Phi) is 3.12. The fourth-order valence-corrected chi connectivity index (χ4v) is 3.42. The third-order valence-electron chi connectivity index (χ3n) is 4.74. The zero-order valence-corrected chi connectivity index (χ0v) is 11.7. The van der Waals surface area contributed by atoms with Crippen LogP contribution in [0.15, 0.2) is 24.4 Å². The standard InChI is InChI=1S/C14H21N3O3/c1-9(16-5-7-17(2,15)8-6-16)12-10-3-4-11(20-10)13(12)14(18)19/h3-4,10-13H,1,5-8,15H2,2H3/p+1/t10-,11+,12?,13?/m0/s1. The van der Waals surface area contributed by atoms with Gasteiger partial charge in [0.2, 0.25) is 0 Å². The lowest BCUT2D eigenvalue weighted by Gasteiger charge is -2.41. The van der Waals surface area contributed by atoms with Gasteiger partial charge in [-0.15, -0.1) is 0 Å². The van der Waals surface area contributed by atoms with E-state index in [0.29, 0.717) is 4.59 Å². The predicted molar refractivity (Wildman–Crippen MR) is 73.2 cm³/mol. The molecule has 2 unspecified atom stereocenters. The molecule has 0 saturated carbocycles. The summed E-state index contributed by atoms with van der Waals surface area (Å²) >= 11 is 0. The topological polar surface area (TPSA) is 75.8 Å². The molecule has 3 aliphatic rings. The highest BCUT2D eigenvalue weighted by Crippen LogP contribution is 2.43. The number of hydrogen-bond acceptors (Lipinski definition) is 4. The van der Waals surface area contributed by atoms with Gasteiger partial charge in [-0.05, 0) is 0 Å². The summed E-state index contributed by atoms with van der Waals surface area (Å²) < 4.78 is 6.22. The van der Waals surface area contributed by atoms with E-state index < -0.39 is 11.9 Å². The van der Waals surface area contributed by atoms with Crippen LogP contribution in [0.25, 0.3) is 0 Å². The number of nitrogens with zero attached hydrogens (tertiary/aromatic N) is 2. The molecular weight excluding hydrogens is 258 g/mol. The smallest absolute Gasteiger partial charge is 0.310 e. The van der Waals surface area contributed by atoms with Gasteiger partial charge in [0.25, 0.3) is 0 Å². The number of nitrogens with two attached hydrogens (primary N) is 1. The van der Waals surface area contributed by atoms with E-state index in [9.17, 15) is 9.90 Å². The minimum absolute atomic E-state index is 0.144. The average Bonchev–Trinajstić information content (AvgIpc) is 2.97. The molecule has 0 aromatic carbocycles. The van der Waals surface area contributed by atoms with Crippen LogP contribution in [0.5, 0.6) is 0 Å². The van der Waals surface area contributed by atoms with Crippen molar-refractivity contribution in [1.29, 1.82) is 0 Å². The van der Waals surface area contributed by atoms with E-state index in [2.05, 4.69) is 11.5 Å². The number of aliphatic carboxylic acids is 1. The first-order valence-corrected chi connectivity index (χ1v) is 7.02. The fraction of sp³-hybridized carbons (Fsp3) is 0.643. The number of fused-ring (bicyclic) bond motifs is 2. The third kappa shape index (κ3) is 2.13. The molecule has 110 valence electrons. The maximum absolute atomic E-state index is 11.5. The second kappa shape index (κ2) is 4.58. The van der Waals surface area contributed by atoms with Crippen LogP contribution in [0.1, 0.15) is 0 Å². The summed E-state index contributed by atoms with van der Waals surface area (Å²) in [5, 5.41) is 9.44. The molecule has 0 spiro atoms. The summed E-state index contributed by atoms with van der Waals surface area (Å²) in [5.74, 6) is 4.61. The first-order valence-electron chi connectivity index (χ1n) is 7.02. The number of quaternary nitrogens is 1. The van der Waals surface area contributed by atoms with Crippen LogP contribution < -0.4 is 5.84 Å². The number of carboxylic acid groups (broad SMARTS) is 1. The van der Waals surface area contributed by atoms with E-state index in [1.165, 1.54) is 0 Å². The molecule has 6 nitrogen and oxygen atoms in total. The molecule has 2 fully saturated rings. The molecule has 3 aliphatic heterocycles. The average molecular weight is 280 g/mol. The van der Waals surface area contributed by atoms with Gasteiger partial charge < -0.3 is 14.7 Å². The summed E-state index contributed by atoms with van der Waals surface area (Å²) in [5.41, 5.74) is 0.883. The molecule has 2 bridgehead atoms. The zero-order chi connectivity index (χ0) is 14.5. The Balaban J connectivity index is 1.74. The van der Waals surface area contributed by atoms with Crippen LogP contribution in [-0.4, -0.2) is 66.0 Å². The molecule has 3 rings (SSSR count). The van der Waals surface area contributed by atoms with Crippen molar-refractivity contribution in [1.82, 2.24) is 4.90 Å². The second-order valence-corrected chi connectivity index (χ2v) is 6.25. The summed E-state index contributed by atoms with van der Waals surface area (Å²) in [6.07, 6.45) is 3.37. The van der Waals surface area contributed by atoms with Gasteiger partial charge >= 0.3 is 5.97 Å². The van der Waals surface area contributed by atoms with Crippen molar-refractivity contribution < 1.29 is 19.2 Å². The molecule has 20 heavy (non-hydrogen) atoms. The Morgan fingerprint density at radius 3 is 2.45 bits per heavy atom. The highest BCUT2D eigenvalue weighted by atomic mass is 16.5. The summed E-state index contributed by atoms with van der Waals surface area (Å²) in [6, 6.07) is 0. The summed E-state index contributed by atoms with van der Waals surface area (Å²) in [6.45, 7) is 7.47. The lowest BCUT2D eigenvalue weighted by atomic mass is 9.80. The number of hydrogen-bond donors (Lipinski definition) is 2. The van der Waals surface area contributed by atoms with Crippen LogP contribution >= 0.6 is 0 Å². The zero-order valence-electron chi connectivity index (χ0n) is 11.7. The van der Waals surface area contributed by atoms with Crippen molar-refractivity contribution in [3.05, 3.63) is 24.4 Å². The minimum Gasteiger partial charge on any atom is -0.481 e. The quantitative estimate of drug-likeness (QED) is 0.425. The van der Waals surface area contributed by atoms with Crippen molar-refractivity contribution in [2.75, 3.05) is 33.2 Å². The minimum atomic E-state index is -0.801. The monoisotopic (exact) mass is 280 g/mol. The highest BCUT2D eigenvalue weighted by Gasteiger charge is 2.52. The van der Waals surface area contributed by atoms with Crippen LogP contribution in [0.2, 0.25) is 0 Å². The maximum atomic E-state index is 11.5. The van der Waals surface area contributed by atoms with Gasteiger partial charge in [0.15, 0.2) is 0 Å². The Labute approximate surface area is 118 Å². The summed E-state index contributed by atoms with van der Waals surface area (Å²) in [7, 11) is 2.00. The lowest BCUT2D eigenvalue weighted by Crippen LogP contribution is -2.61. The van der Waals surface area contributed by atoms with E-state index in [-0.39, 0.29) is 18.1 Å². The fourth-order valence-electron chi connectivity index (χ4n) is 3.42. The first kappa shape index (κ1) is 13.6. The molecule has 0 aromatic heterocycles. The number of rotatable bonds is 3. The van der Waals surface area contributed by atoms with Gasteiger partial charge in [-0.25, -0.2) is 4.59 Å². The number of piperazine rings is 1. The van der Waals surface area contributed by atoms with Crippen molar-refractivity contribution in [2.45, 2.75) is 12.2 Å². The van der Waals surface area contributed by atoms with Gasteiger partial charge in [0.1, 0.15) is 13.1 Å². The van der Waals surface area contributed by atoms with Crippen LogP contribution in [0.3, 0.4) is 0 Å². The van der Waals surface area contributed by atoms with E-state index >= 15 is 0 Å². The number of ether oxygens (including phenoxy) is 1. The van der Waals surface area contributed by atoms with Gasteiger partial charge in [-0.3, -0.25) is 4.79 Å². The van der Waals surface area contributed by atoms with E-state index in [1.807, 2.05) is 19.2 Å². The predicted octanol–water partition coefficient (Wildman–Crippen LogP) is -0.210. The highest BCUT2D eigenvalue weighted by molar-refractivity contribution is 5.73. The second-order valence-electron chi connectivity index (χ2n) is 6.25. The van der Waals surface area contributed by atoms with Gasteiger partial charge in [0, 0.05) is 11.6 Å². The maximum Gasteiger partial charge on any atom is 0.310 e. The van der Waals surface area contributed by atoms with E-state index in [4.69, 9.17) is 10.6 Å². The molecular formula is C14H22N3O3+. The van der Waals surface area contributed by atoms with Crippen LogP contribution in [-0.2, 0) is 9.53 Å². The molecule has 3 N–H and O–H groups in total. The van der Waals surface area contributed by atoms with Crippen molar-refractivity contribution in [2.24, 2.45) is 17.7 Å². The lowest BCUT2D eigenvalue weighted by molar-refractivity contribution is -0.925. The molecule has 2 saturated heterocycles. The number of carbonyl (C=O) groups is 1. The Hall–Kier alpha value is -1.37. The largest absolute Gasteiger partial charge is 0.481 e. The number of carboxylic acids is 1. The van der Waals surface area contributed by atoms with Crippen molar-refractivity contribution in [3.63, 3.8) is 0 Å². The van der Waals surface area contributed by atoms with Gasteiger partial charge in [-0.2, -0.15) is 5.84 Å². The van der Waals surface area contributed by atoms with E-state index in [0.717, 1.165) is 31.9 Å². The van der Waals surface area contributed by atoms with Gasteiger partial charge in [0.05, 0.1) is 38.3 Å². The normalized spacial score (nSPS) is 38.2. The van der Waals surface area contributed by atoms with E-state index in [1.54, 1.807) is 0 Å². The molecule has 4 atom stereocenters. The Morgan fingerprint density at radius 2 is 1.90 bits per heavy atom. The molecule has 0 aromatic rings. The molecule has 0 amide bonds. The van der Waals surface area contributed by atoms with Gasteiger partial charge in [-0.1, -0.05) is 18.7 Å². The molecule has 0 aliphatic carbocycles. The Bertz CT molecular complexity index is 464. The SMILES string of the molecule is C=C(C1C(C(=O)O)[C@H]2C=C[C@@H]1O2)N1CC[N+](C)(N)CC1.